The summed E-state index contributed by atoms with van der Waals surface area (Å²) in [6.45, 7) is 3.13. The molecule has 18 heavy (non-hydrogen) atoms. The zero-order valence-electron chi connectivity index (χ0n) is 10.5. The van der Waals surface area contributed by atoms with E-state index in [2.05, 4.69) is 5.32 Å². The molecular formula is C11H22N2O5. The summed E-state index contributed by atoms with van der Waals surface area (Å²) in [6, 6.07) is 0. The highest BCUT2D eigenvalue weighted by molar-refractivity contribution is 5.74. The lowest BCUT2D eigenvalue weighted by Crippen LogP contribution is -2.53. The highest BCUT2D eigenvalue weighted by Crippen LogP contribution is 2.14. The molecule has 0 aromatic heterocycles. The number of nitrogens with zero attached hydrogens (tertiary/aromatic N) is 1. The van der Waals surface area contributed by atoms with Gasteiger partial charge in [0.2, 0.25) is 5.91 Å². The largest absolute Gasteiger partial charge is 0.394 e. The van der Waals surface area contributed by atoms with Crippen molar-refractivity contribution in [2.24, 2.45) is 5.92 Å². The summed E-state index contributed by atoms with van der Waals surface area (Å²) in [4.78, 5) is 12.7. The summed E-state index contributed by atoms with van der Waals surface area (Å²) in [7, 11) is 0. The van der Waals surface area contributed by atoms with E-state index in [1.165, 1.54) is 6.92 Å². The molecule has 106 valence electrons. The molecule has 0 unspecified atom stereocenters. The summed E-state index contributed by atoms with van der Waals surface area (Å²) in [5, 5.41) is 39.6. The van der Waals surface area contributed by atoms with Crippen LogP contribution in [0.15, 0.2) is 0 Å². The highest BCUT2D eigenvalue weighted by Gasteiger charge is 2.29. The Morgan fingerprint density at radius 1 is 1.33 bits per heavy atom. The van der Waals surface area contributed by atoms with Crippen LogP contribution < -0.4 is 5.32 Å². The average Bonchev–Trinajstić information content (AvgIpc) is 2.28. The zero-order chi connectivity index (χ0) is 13.7. The minimum atomic E-state index is -1.36. The number of carbonyl (C=O) groups is 1. The van der Waals surface area contributed by atoms with Gasteiger partial charge >= 0.3 is 0 Å². The quantitative estimate of drug-likeness (QED) is 0.337. The van der Waals surface area contributed by atoms with Crippen molar-refractivity contribution in [3.63, 3.8) is 0 Å². The number of aliphatic hydroxyl groups is 4. The molecule has 0 bridgehead atoms. The van der Waals surface area contributed by atoms with Crippen molar-refractivity contribution in [1.29, 1.82) is 0 Å². The van der Waals surface area contributed by atoms with E-state index in [-0.39, 0.29) is 12.5 Å². The fraction of sp³-hybridized carbons (Fsp3) is 0.909. The first-order valence-electron chi connectivity index (χ1n) is 6.07. The van der Waals surface area contributed by atoms with Gasteiger partial charge in [-0.3, -0.25) is 4.79 Å². The molecule has 0 saturated carbocycles. The molecular weight excluding hydrogens is 240 g/mol. The maximum absolute atomic E-state index is 10.9. The Bertz CT molecular complexity index is 270. The Hall–Kier alpha value is -0.730. The summed E-state index contributed by atoms with van der Waals surface area (Å²) in [5.41, 5.74) is 0. The third kappa shape index (κ3) is 4.18. The SMILES string of the molecule is CC(=O)N1CC(CNC[C@H](O)[C@H](O)[C@H](O)CO)C1. The lowest BCUT2D eigenvalue weighted by atomic mass is 10.00. The van der Waals surface area contributed by atoms with Gasteiger partial charge < -0.3 is 30.6 Å². The Kier molecular flexibility index (Phi) is 5.97. The second-order valence-corrected chi connectivity index (χ2v) is 4.76. The van der Waals surface area contributed by atoms with Crippen LogP contribution in [0.2, 0.25) is 0 Å². The molecule has 1 rings (SSSR count). The molecule has 7 nitrogen and oxygen atoms in total. The molecule has 1 aliphatic rings. The van der Waals surface area contributed by atoms with Crippen molar-refractivity contribution < 1.29 is 25.2 Å². The normalized spacial score (nSPS) is 21.3. The molecule has 1 heterocycles. The Labute approximate surface area is 106 Å². The first-order valence-corrected chi connectivity index (χ1v) is 6.07. The van der Waals surface area contributed by atoms with E-state index in [1.54, 1.807) is 4.90 Å². The monoisotopic (exact) mass is 262 g/mol. The molecule has 1 saturated heterocycles. The van der Waals surface area contributed by atoms with Gasteiger partial charge in [0.1, 0.15) is 12.2 Å². The molecule has 0 radical (unpaired) electrons. The van der Waals surface area contributed by atoms with Gasteiger partial charge in [-0.2, -0.15) is 0 Å². The van der Waals surface area contributed by atoms with Crippen LogP contribution in [-0.4, -0.2) is 82.3 Å². The van der Waals surface area contributed by atoms with Gasteiger partial charge in [-0.25, -0.2) is 0 Å². The van der Waals surface area contributed by atoms with Gasteiger partial charge in [0.25, 0.3) is 0 Å². The molecule has 0 aromatic rings. The number of rotatable bonds is 7. The Balaban J connectivity index is 2.10. The maximum Gasteiger partial charge on any atom is 0.219 e. The third-order valence-corrected chi connectivity index (χ3v) is 3.16. The predicted octanol–water partition coefficient (Wildman–Crippen LogP) is -2.87. The highest BCUT2D eigenvalue weighted by atomic mass is 16.4. The van der Waals surface area contributed by atoms with Crippen LogP contribution in [0.3, 0.4) is 0 Å². The molecule has 0 aliphatic carbocycles. The number of hydrogen-bond acceptors (Lipinski definition) is 6. The zero-order valence-corrected chi connectivity index (χ0v) is 10.5. The van der Waals surface area contributed by atoms with Gasteiger partial charge in [0, 0.05) is 39.0 Å². The Morgan fingerprint density at radius 2 is 1.94 bits per heavy atom. The van der Waals surface area contributed by atoms with Gasteiger partial charge in [-0.1, -0.05) is 0 Å². The van der Waals surface area contributed by atoms with Crippen molar-refractivity contribution >= 4 is 5.91 Å². The number of carbonyl (C=O) groups excluding carboxylic acids is 1. The minimum absolute atomic E-state index is 0.0628. The van der Waals surface area contributed by atoms with Crippen molar-refractivity contribution in [2.75, 3.05) is 32.8 Å². The number of aliphatic hydroxyl groups excluding tert-OH is 4. The van der Waals surface area contributed by atoms with E-state index in [9.17, 15) is 15.0 Å². The average molecular weight is 262 g/mol. The van der Waals surface area contributed by atoms with Gasteiger partial charge in [0.05, 0.1) is 12.7 Å². The van der Waals surface area contributed by atoms with E-state index >= 15 is 0 Å². The fourth-order valence-electron chi connectivity index (χ4n) is 1.88. The van der Waals surface area contributed by atoms with Crippen LogP contribution in [-0.2, 0) is 4.79 Å². The second-order valence-electron chi connectivity index (χ2n) is 4.76. The first kappa shape index (κ1) is 15.3. The minimum Gasteiger partial charge on any atom is -0.394 e. The van der Waals surface area contributed by atoms with Crippen molar-refractivity contribution in [2.45, 2.75) is 25.2 Å². The van der Waals surface area contributed by atoms with Crippen LogP contribution in [0.5, 0.6) is 0 Å². The van der Waals surface area contributed by atoms with Crippen LogP contribution in [0.4, 0.5) is 0 Å². The van der Waals surface area contributed by atoms with E-state index in [1.807, 2.05) is 0 Å². The van der Waals surface area contributed by atoms with Crippen molar-refractivity contribution in [3.8, 4) is 0 Å². The number of hydrogen-bond donors (Lipinski definition) is 5. The van der Waals surface area contributed by atoms with Crippen molar-refractivity contribution in [3.05, 3.63) is 0 Å². The molecule has 3 atom stereocenters. The lowest BCUT2D eigenvalue weighted by Gasteiger charge is -2.39. The standard InChI is InChI=1S/C11H22N2O5/c1-7(15)13-4-8(5-13)2-12-3-9(16)11(18)10(17)6-14/h8-12,14,16-18H,2-6H2,1H3/t9-,10+,11-/m0/s1. The molecule has 0 spiro atoms. The third-order valence-electron chi connectivity index (χ3n) is 3.16. The fourth-order valence-corrected chi connectivity index (χ4v) is 1.88. The van der Waals surface area contributed by atoms with Crippen LogP contribution in [0.25, 0.3) is 0 Å². The van der Waals surface area contributed by atoms with Gasteiger partial charge in [-0.15, -0.1) is 0 Å². The maximum atomic E-state index is 10.9. The number of nitrogens with one attached hydrogen (secondary N) is 1. The molecule has 1 fully saturated rings. The van der Waals surface area contributed by atoms with Gasteiger partial charge in [-0.05, 0) is 0 Å². The lowest BCUT2D eigenvalue weighted by molar-refractivity contribution is -0.134. The van der Waals surface area contributed by atoms with Gasteiger partial charge in [0.15, 0.2) is 0 Å². The van der Waals surface area contributed by atoms with Crippen LogP contribution in [0, 0.1) is 5.92 Å². The molecule has 0 aromatic carbocycles. The second kappa shape index (κ2) is 7.01. The Morgan fingerprint density at radius 3 is 2.44 bits per heavy atom. The number of amides is 1. The van der Waals surface area contributed by atoms with Crippen molar-refractivity contribution in [1.82, 2.24) is 10.2 Å². The van der Waals surface area contributed by atoms with Crippen LogP contribution in [0.1, 0.15) is 6.92 Å². The smallest absolute Gasteiger partial charge is 0.219 e. The topological polar surface area (TPSA) is 113 Å². The predicted molar refractivity (Wildman–Crippen MR) is 63.7 cm³/mol. The number of likely N-dealkylation sites (tertiary alicyclic amines) is 1. The molecule has 1 amide bonds. The molecule has 1 aliphatic heterocycles. The summed E-state index contributed by atoms with van der Waals surface area (Å²) < 4.78 is 0. The van der Waals surface area contributed by atoms with E-state index in [0.717, 1.165) is 0 Å². The van der Waals surface area contributed by atoms with E-state index in [4.69, 9.17) is 10.2 Å². The molecule has 5 N–H and O–H groups in total. The summed E-state index contributed by atoms with van der Waals surface area (Å²) >= 11 is 0. The van der Waals surface area contributed by atoms with E-state index in [0.29, 0.717) is 25.6 Å². The van der Waals surface area contributed by atoms with Crippen LogP contribution >= 0.6 is 0 Å². The van der Waals surface area contributed by atoms with E-state index < -0.39 is 24.9 Å². The first-order chi connectivity index (χ1) is 8.45. The summed E-state index contributed by atoms with van der Waals surface area (Å²) in [5.74, 6) is 0.425. The molecule has 7 heteroatoms. The summed E-state index contributed by atoms with van der Waals surface area (Å²) in [6.07, 6.45) is -3.83.